The van der Waals surface area contributed by atoms with E-state index in [0.717, 1.165) is 18.2 Å². The Morgan fingerprint density at radius 2 is 2.46 bits per heavy atom. The lowest BCUT2D eigenvalue weighted by atomic mass is 10.3. The van der Waals surface area contributed by atoms with Crippen LogP contribution in [0.15, 0.2) is 6.20 Å². The van der Waals surface area contributed by atoms with Gasteiger partial charge in [-0.25, -0.2) is 4.98 Å². The van der Waals surface area contributed by atoms with Crippen LogP contribution in [-0.4, -0.2) is 24.7 Å². The summed E-state index contributed by atoms with van der Waals surface area (Å²) in [5.41, 5.74) is 0. The van der Waals surface area contributed by atoms with E-state index in [2.05, 4.69) is 24.1 Å². The predicted octanol–water partition coefficient (Wildman–Crippen LogP) is 1.58. The first-order valence-electron chi connectivity index (χ1n) is 4.36. The average molecular weight is 200 g/mol. The highest BCUT2D eigenvalue weighted by Crippen LogP contribution is 2.10. The number of aromatic nitrogens is 1. The molecule has 1 heterocycles. The zero-order chi connectivity index (χ0) is 9.68. The molecule has 0 fully saturated rings. The van der Waals surface area contributed by atoms with Gasteiger partial charge in [0.15, 0.2) is 0 Å². The van der Waals surface area contributed by atoms with E-state index in [9.17, 15) is 0 Å². The van der Waals surface area contributed by atoms with E-state index in [1.54, 1.807) is 18.4 Å². The Morgan fingerprint density at radius 3 is 3.00 bits per heavy atom. The number of hydrogen-bond acceptors (Lipinski definition) is 4. The fraction of sp³-hybridized carbons (Fsp3) is 0.667. The first-order chi connectivity index (χ1) is 6.22. The summed E-state index contributed by atoms with van der Waals surface area (Å²) in [5, 5.41) is 4.48. The maximum absolute atomic E-state index is 5.02. The molecule has 1 aromatic heterocycles. The lowest BCUT2D eigenvalue weighted by Gasteiger charge is -2.10. The molecule has 0 amide bonds. The number of thiazole rings is 1. The van der Waals surface area contributed by atoms with Gasteiger partial charge in [-0.1, -0.05) is 0 Å². The largest absolute Gasteiger partial charge is 0.383 e. The van der Waals surface area contributed by atoms with Crippen molar-refractivity contribution in [3.8, 4) is 0 Å². The standard InChI is InChI=1S/C9H16N2OS/c1-7(6-12-3)10-5-9-11-4-8(2)13-9/h4,7,10H,5-6H2,1-3H3. The van der Waals surface area contributed by atoms with E-state index in [0.29, 0.717) is 6.04 Å². The van der Waals surface area contributed by atoms with Crippen molar-refractivity contribution in [1.82, 2.24) is 10.3 Å². The summed E-state index contributed by atoms with van der Waals surface area (Å²) in [6, 6.07) is 0.384. The van der Waals surface area contributed by atoms with Crippen LogP contribution in [0.5, 0.6) is 0 Å². The van der Waals surface area contributed by atoms with E-state index in [1.165, 1.54) is 4.88 Å². The molecular formula is C9H16N2OS. The highest BCUT2D eigenvalue weighted by molar-refractivity contribution is 7.11. The van der Waals surface area contributed by atoms with Gasteiger partial charge >= 0.3 is 0 Å². The van der Waals surface area contributed by atoms with Crippen LogP contribution in [0.3, 0.4) is 0 Å². The molecule has 0 saturated heterocycles. The molecule has 3 nitrogen and oxygen atoms in total. The first kappa shape index (κ1) is 10.6. The van der Waals surface area contributed by atoms with Crippen LogP contribution >= 0.6 is 11.3 Å². The molecule has 0 saturated carbocycles. The number of methoxy groups -OCH3 is 1. The Labute approximate surface area is 83.1 Å². The highest BCUT2D eigenvalue weighted by Gasteiger charge is 2.02. The molecule has 1 N–H and O–H groups in total. The molecule has 0 bridgehead atoms. The molecule has 1 aromatic rings. The topological polar surface area (TPSA) is 34.1 Å². The van der Waals surface area contributed by atoms with Crippen molar-refractivity contribution in [2.75, 3.05) is 13.7 Å². The summed E-state index contributed by atoms with van der Waals surface area (Å²) >= 11 is 1.73. The molecule has 1 atom stereocenters. The molecule has 1 rings (SSSR count). The SMILES string of the molecule is COCC(C)NCc1ncc(C)s1. The zero-order valence-corrected chi connectivity index (χ0v) is 9.15. The molecule has 0 aliphatic heterocycles. The van der Waals surface area contributed by atoms with Gasteiger partial charge in [0.2, 0.25) is 0 Å². The minimum atomic E-state index is 0.384. The van der Waals surface area contributed by atoms with Crippen LogP contribution in [0.2, 0.25) is 0 Å². The van der Waals surface area contributed by atoms with Crippen molar-refractivity contribution in [2.45, 2.75) is 26.4 Å². The maximum Gasteiger partial charge on any atom is 0.107 e. The number of hydrogen-bond donors (Lipinski definition) is 1. The molecule has 1 unspecified atom stereocenters. The van der Waals surface area contributed by atoms with Gasteiger partial charge in [-0.2, -0.15) is 0 Å². The second-order valence-corrected chi connectivity index (χ2v) is 4.42. The third-order valence-corrected chi connectivity index (χ3v) is 2.60. The van der Waals surface area contributed by atoms with Crippen LogP contribution in [-0.2, 0) is 11.3 Å². The van der Waals surface area contributed by atoms with Crippen molar-refractivity contribution in [3.05, 3.63) is 16.1 Å². The van der Waals surface area contributed by atoms with Gasteiger partial charge in [0.1, 0.15) is 5.01 Å². The van der Waals surface area contributed by atoms with Crippen molar-refractivity contribution in [3.63, 3.8) is 0 Å². The summed E-state index contributed by atoms with van der Waals surface area (Å²) in [6.07, 6.45) is 1.91. The molecule has 0 aliphatic rings. The third kappa shape index (κ3) is 3.85. The van der Waals surface area contributed by atoms with Crippen LogP contribution in [0.4, 0.5) is 0 Å². The third-order valence-electron chi connectivity index (χ3n) is 1.69. The smallest absolute Gasteiger partial charge is 0.107 e. The Morgan fingerprint density at radius 1 is 1.69 bits per heavy atom. The Hall–Kier alpha value is -0.450. The number of nitrogens with one attached hydrogen (secondary N) is 1. The quantitative estimate of drug-likeness (QED) is 0.783. The Bertz CT molecular complexity index is 250. The van der Waals surface area contributed by atoms with Gasteiger partial charge in [0.05, 0.1) is 6.61 Å². The number of rotatable bonds is 5. The fourth-order valence-corrected chi connectivity index (χ4v) is 1.79. The lowest BCUT2D eigenvalue weighted by molar-refractivity contribution is 0.171. The summed E-state index contributed by atoms with van der Waals surface area (Å²) in [7, 11) is 1.71. The summed E-state index contributed by atoms with van der Waals surface area (Å²) in [4.78, 5) is 5.52. The van der Waals surface area contributed by atoms with Crippen molar-refractivity contribution in [1.29, 1.82) is 0 Å². The number of ether oxygens (including phenoxy) is 1. The number of nitrogens with zero attached hydrogens (tertiary/aromatic N) is 1. The molecular weight excluding hydrogens is 184 g/mol. The second-order valence-electron chi connectivity index (χ2n) is 3.10. The molecule has 4 heteroatoms. The monoisotopic (exact) mass is 200 g/mol. The van der Waals surface area contributed by atoms with Crippen LogP contribution < -0.4 is 5.32 Å². The number of aryl methyl sites for hydroxylation is 1. The fourth-order valence-electron chi connectivity index (χ4n) is 1.05. The molecule has 0 aliphatic carbocycles. The van der Waals surface area contributed by atoms with Crippen LogP contribution in [0, 0.1) is 6.92 Å². The van der Waals surface area contributed by atoms with E-state index in [1.807, 2.05) is 6.20 Å². The second kappa shape index (κ2) is 5.32. The molecule has 74 valence electrons. The van der Waals surface area contributed by atoms with Gasteiger partial charge in [-0.3, -0.25) is 0 Å². The van der Waals surface area contributed by atoms with Gasteiger partial charge in [0.25, 0.3) is 0 Å². The van der Waals surface area contributed by atoms with E-state index < -0.39 is 0 Å². The van der Waals surface area contributed by atoms with E-state index in [4.69, 9.17) is 4.74 Å². The zero-order valence-electron chi connectivity index (χ0n) is 8.33. The lowest BCUT2D eigenvalue weighted by Crippen LogP contribution is -2.29. The molecule has 0 spiro atoms. The summed E-state index contributed by atoms with van der Waals surface area (Å²) in [5.74, 6) is 0. The highest BCUT2D eigenvalue weighted by atomic mass is 32.1. The summed E-state index contributed by atoms with van der Waals surface area (Å²) < 4.78 is 5.02. The Kier molecular flexibility index (Phi) is 4.35. The van der Waals surface area contributed by atoms with Gasteiger partial charge in [-0.05, 0) is 13.8 Å². The summed E-state index contributed by atoms with van der Waals surface area (Å²) in [6.45, 7) is 5.75. The Balaban J connectivity index is 2.26. The minimum Gasteiger partial charge on any atom is -0.383 e. The maximum atomic E-state index is 5.02. The van der Waals surface area contributed by atoms with E-state index in [-0.39, 0.29) is 0 Å². The van der Waals surface area contributed by atoms with Crippen molar-refractivity contribution in [2.24, 2.45) is 0 Å². The first-order valence-corrected chi connectivity index (χ1v) is 5.17. The van der Waals surface area contributed by atoms with Crippen molar-refractivity contribution >= 4 is 11.3 Å². The molecule has 13 heavy (non-hydrogen) atoms. The normalized spacial score (nSPS) is 13.2. The van der Waals surface area contributed by atoms with Crippen LogP contribution in [0.25, 0.3) is 0 Å². The van der Waals surface area contributed by atoms with Crippen LogP contribution in [0.1, 0.15) is 16.8 Å². The van der Waals surface area contributed by atoms with Crippen molar-refractivity contribution < 1.29 is 4.74 Å². The van der Waals surface area contributed by atoms with E-state index >= 15 is 0 Å². The predicted molar refractivity (Wildman–Crippen MR) is 55.0 cm³/mol. The molecule has 0 radical (unpaired) electrons. The minimum absolute atomic E-state index is 0.384. The molecule has 0 aromatic carbocycles. The van der Waals surface area contributed by atoms with Gasteiger partial charge in [0, 0.05) is 30.8 Å². The van der Waals surface area contributed by atoms with Gasteiger partial charge in [-0.15, -0.1) is 11.3 Å². The van der Waals surface area contributed by atoms with Gasteiger partial charge < -0.3 is 10.1 Å². The average Bonchev–Trinajstić information content (AvgIpc) is 2.49.